The highest BCUT2D eigenvalue weighted by atomic mass is 79.9. The predicted octanol–water partition coefficient (Wildman–Crippen LogP) is 1.81. The van der Waals surface area contributed by atoms with Crippen molar-refractivity contribution in [2.24, 2.45) is 0 Å². The molecule has 1 unspecified atom stereocenters. The molecule has 0 spiro atoms. The molecule has 2 rings (SSSR count). The normalized spacial score (nSPS) is 21.6. The Kier molecular flexibility index (Phi) is 3.47. The minimum Gasteiger partial charge on any atom is -0.479 e. The maximum Gasteiger partial charge on any atom is 0.331 e. The summed E-state index contributed by atoms with van der Waals surface area (Å²) in [4.78, 5) is 24.5. The number of rotatable bonds is 3. The molecule has 90 valence electrons. The van der Waals surface area contributed by atoms with Crippen LogP contribution in [0.4, 0.5) is 0 Å². The number of aliphatic carboxylic acids is 1. The van der Waals surface area contributed by atoms with Crippen molar-refractivity contribution in [3.63, 3.8) is 0 Å². The maximum atomic E-state index is 11.7. The second-order valence-electron chi connectivity index (χ2n) is 4.00. The molecule has 1 N–H and O–H groups in total. The number of hydrogen-bond donors (Lipinski definition) is 1. The van der Waals surface area contributed by atoms with Gasteiger partial charge in [0.15, 0.2) is 6.04 Å². The molecule has 2 atom stereocenters. The average Bonchev–Trinajstić information content (AvgIpc) is 2.59. The summed E-state index contributed by atoms with van der Waals surface area (Å²) in [5, 5.41) is 9.28. The summed E-state index contributed by atoms with van der Waals surface area (Å²) < 4.78 is 0. The Hall–Kier alpha value is -1.36. The van der Waals surface area contributed by atoms with E-state index >= 15 is 0 Å². The van der Waals surface area contributed by atoms with E-state index in [0.717, 1.165) is 0 Å². The standard InChI is InChI=1S/C12H12BrNO3/c13-9-6-10(15)14(7-9)11(12(16)17)8-4-2-1-3-5-8/h1-5,9,11H,6-7H2,(H,16,17)/t9?,11-/m1/s1. The van der Waals surface area contributed by atoms with E-state index in [1.54, 1.807) is 24.3 Å². The number of likely N-dealkylation sites (tertiary alicyclic amines) is 1. The van der Waals surface area contributed by atoms with Crippen LogP contribution >= 0.6 is 15.9 Å². The van der Waals surface area contributed by atoms with Gasteiger partial charge < -0.3 is 10.0 Å². The molecular formula is C12H12BrNO3. The molecule has 4 nitrogen and oxygen atoms in total. The van der Waals surface area contributed by atoms with Crippen molar-refractivity contribution in [1.82, 2.24) is 4.90 Å². The fourth-order valence-electron chi connectivity index (χ4n) is 2.03. The van der Waals surface area contributed by atoms with Gasteiger partial charge in [0, 0.05) is 17.8 Å². The molecule has 5 heteroatoms. The summed E-state index contributed by atoms with van der Waals surface area (Å²) in [6.45, 7) is 0.435. The van der Waals surface area contributed by atoms with E-state index < -0.39 is 12.0 Å². The molecular weight excluding hydrogens is 286 g/mol. The van der Waals surface area contributed by atoms with Crippen molar-refractivity contribution in [2.45, 2.75) is 17.3 Å². The summed E-state index contributed by atoms with van der Waals surface area (Å²) in [5.74, 6) is -1.12. The number of amides is 1. The summed E-state index contributed by atoms with van der Waals surface area (Å²) in [7, 11) is 0. The second kappa shape index (κ2) is 4.87. The van der Waals surface area contributed by atoms with Crippen LogP contribution in [0, 0.1) is 0 Å². The van der Waals surface area contributed by atoms with Gasteiger partial charge in [-0.05, 0) is 5.56 Å². The molecule has 1 fully saturated rings. The van der Waals surface area contributed by atoms with E-state index in [4.69, 9.17) is 0 Å². The van der Waals surface area contributed by atoms with Crippen LogP contribution in [0.15, 0.2) is 30.3 Å². The third-order valence-electron chi connectivity index (χ3n) is 2.77. The minimum absolute atomic E-state index is 0.0422. The Morgan fingerprint density at radius 3 is 2.53 bits per heavy atom. The zero-order chi connectivity index (χ0) is 12.4. The lowest BCUT2D eigenvalue weighted by molar-refractivity contribution is -0.148. The van der Waals surface area contributed by atoms with E-state index in [1.807, 2.05) is 6.07 Å². The molecule has 0 saturated carbocycles. The van der Waals surface area contributed by atoms with Crippen LogP contribution in [0.2, 0.25) is 0 Å². The highest BCUT2D eigenvalue weighted by molar-refractivity contribution is 9.09. The van der Waals surface area contributed by atoms with Crippen molar-refractivity contribution < 1.29 is 14.7 Å². The van der Waals surface area contributed by atoms with Gasteiger partial charge in [-0.15, -0.1) is 0 Å². The van der Waals surface area contributed by atoms with E-state index in [1.165, 1.54) is 4.90 Å². The van der Waals surface area contributed by atoms with Crippen LogP contribution in [-0.2, 0) is 9.59 Å². The molecule has 1 aliphatic rings. The summed E-state index contributed by atoms with van der Waals surface area (Å²) in [6, 6.07) is 7.95. The number of carboxylic acids is 1. The van der Waals surface area contributed by atoms with Crippen LogP contribution in [0.3, 0.4) is 0 Å². The Bertz CT molecular complexity index is 435. The second-order valence-corrected chi connectivity index (χ2v) is 5.29. The largest absolute Gasteiger partial charge is 0.479 e. The molecule has 1 saturated heterocycles. The fourth-order valence-corrected chi connectivity index (χ4v) is 2.62. The summed E-state index contributed by atoms with van der Waals surface area (Å²) in [6.07, 6.45) is 0.358. The molecule has 1 aliphatic heterocycles. The fraction of sp³-hybridized carbons (Fsp3) is 0.333. The van der Waals surface area contributed by atoms with Gasteiger partial charge in [0.1, 0.15) is 0 Å². The van der Waals surface area contributed by atoms with Gasteiger partial charge in [0.25, 0.3) is 0 Å². The average molecular weight is 298 g/mol. The van der Waals surface area contributed by atoms with E-state index in [0.29, 0.717) is 18.5 Å². The molecule has 1 heterocycles. The quantitative estimate of drug-likeness (QED) is 0.866. The van der Waals surface area contributed by atoms with Crippen molar-refractivity contribution in [2.75, 3.05) is 6.54 Å². The van der Waals surface area contributed by atoms with Gasteiger partial charge in [-0.1, -0.05) is 46.3 Å². The van der Waals surface area contributed by atoms with Crippen LogP contribution < -0.4 is 0 Å². The lowest BCUT2D eigenvalue weighted by Crippen LogP contribution is -2.35. The van der Waals surface area contributed by atoms with Gasteiger partial charge in [0.2, 0.25) is 5.91 Å². The number of hydrogen-bond acceptors (Lipinski definition) is 2. The highest BCUT2D eigenvalue weighted by Gasteiger charge is 2.37. The number of halogens is 1. The molecule has 0 aromatic heterocycles. The van der Waals surface area contributed by atoms with Crippen LogP contribution in [0.1, 0.15) is 18.0 Å². The smallest absolute Gasteiger partial charge is 0.331 e. The van der Waals surface area contributed by atoms with Crippen molar-refractivity contribution in [3.05, 3.63) is 35.9 Å². The maximum absolute atomic E-state index is 11.7. The molecule has 0 aliphatic carbocycles. The lowest BCUT2D eigenvalue weighted by Gasteiger charge is -2.24. The first-order chi connectivity index (χ1) is 8.09. The lowest BCUT2D eigenvalue weighted by atomic mass is 10.1. The van der Waals surface area contributed by atoms with E-state index in [-0.39, 0.29) is 10.7 Å². The minimum atomic E-state index is -0.994. The summed E-state index contributed by atoms with van der Waals surface area (Å²) >= 11 is 3.35. The van der Waals surface area contributed by atoms with Crippen molar-refractivity contribution in [3.8, 4) is 0 Å². The third-order valence-corrected chi connectivity index (χ3v) is 3.39. The zero-order valence-electron chi connectivity index (χ0n) is 9.04. The summed E-state index contributed by atoms with van der Waals surface area (Å²) in [5.41, 5.74) is 0.634. The van der Waals surface area contributed by atoms with Crippen molar-refractivity contribution in [1.29, 1.82) is 0 Å². The first-order valence-corrected chi connectivity index (χ1v) is 6.22. The predicted molar refractivity (Wildman–Crippen MR) is 65.9 cm³/mol. The third kappa shape index (κ3) is 2.49. The van der Waals surface area contributed by atoms with Gasteiger partial charge in [-0.2, -0.15) is 0 Å². The van der Waals surface area contributed by atoms with Crippen LogP contribution in [0.5, 0.6) is 0 Å². The highest BCUT2D eigenvalue weighted by Crippen LogP contribution is 2.28. The van der Waals surface area contributed by atoms with Gasteiger partial charge in [-0.25, -0.2) is 4.79 Å². The Morgan fingerprint density at radius 1 is 1.41 bits per heavy atom. The number of benzene rings is 1. The van der Waals surface area contributed by atoms with Crippen LogP contribution in [0.25, 0.3) is 0 Å². The number of alkyl halides is 1. The molecule has 0 bridgehead atoms. The number of nitrogens with zero attached hydrogens (tertiary/aromatic N) is 1. The Balaban J connectivity index is 2.31. The van der Waals surface area contributed by atoms with Gasteiger partial charge >= 0.3 is 5.97 Å². The van der Waals surface area contributed by atoms with E-state index in [9.17, 15) is 14.7 Å². The van der Waals surface area contributed by atoms with Gasteiger partial charge in [0.05, 0.1) is 0 Å². The first kappa shape index (κ1) is 12.1. The molecule has 1 aromatic carbocycles. The number of carboxylic acid groups (broad SMARTS) is 1. The zero-order valence-corrected chi connectivity index (χ0v) is 10.6. The van der Waals surface area contributed by atoms with Crippen LogP contribution in [-0.4, -0.2) is 33.3 Å². The molecule has 1 aromatic rings. The molecule has 0 radical (unpaired) electrons. The van der Waals surface area contributed by atoms with Gasteiger partial charge in [-0.3, -0.25) is 4.79 Å². The molecule has 17 heavy (non-hydrogen) atoms. The Labute approximate surface area is 107 Å². The van der Waals surface area contributed by atoms with Crippen molar-refractivity contribution >= 4 is 27.8 Å². The van der Waals surface area contributed by atoms with E-state index in [2.05, 4.69) is 15.9 Å². The molecule has 1 amide bonds. The number of carbonyl (C=O) groups is 2. The Morgan fingerprint density at radius 2 is 2.06 bits per heavy atom. The monoisotopic (exact) mass is 297 g/mol. The number of carbonyl (C=O) groups excluding carboxylic acids is 1. The first-order valence-electron chi connectivity index (χ1n) is 5.31. The SMILES string of the molecule is O=C(O)[C@@H](c1ccccc1)N1CC(Br)CC1=O. The topological polar surface area (TPSA) is 57.6 Å².